The van der Waals surface area contributed by atoms with Gasteiger partial charge in [-0.25, -0.2) is 4.79 Å². The molecule has 0 saturated carbocycles. The number of aliphatic carboxylic acids is 1. The van der Waals surface area contributed by atoms with Gasteiger partial charge in [-0.15, -0.1) is 11.6 Å². The van der Waals surface area contributed by atoms with Gasteiger partial charge in [0, 0.05) is 18.6 Å². The molecule has 0 rings (SSSR count). The van der Waals surface area contributed by atoms with Crippen LogP contribution in [0.4, 0.5) is 0 Å². The second-order valence-electron chi connectivity index (χ2n) is 3.81. The van der Waals surface area contributed by atoms with Crippen LogP contribution in [0.15, 0.2) is 11.8 Å². The van der Waals surface area contributed by atoms with Crippen molar-refractivity contribution in [1.82, 2.24) is 10.6 Å². The van der Waals surface area contributed by atoms with E-state index < -0.39 is 17.9 Å². The van der Waals surface area contributed by atoms with Crippen LogP contribution in [0.5, 0.6) is 0 Å². The maximum Gasteiger partial charge on any atom is 0.326 e. The summed E-state index contributed by atoms with van der Waals surface area (Å²) in [6.45, 7) is 0.538. The number of hydrogen-bond acceptors (Lipinski definition) is 5. The number of nitriles is 1. The van der Waals surface area contributed by atoms with Crippen molar-refractivity contribution in [2.75, 3.05) is 24.4 Å². The minimum absolute atomic E-state index is 0.157. The maximum absolute atomic E-state index is 11.8. The van der Waals surface area contributed by atoms with Crippen LogP contribution in [0.1, 0.15) is 12.8 Å². The highest BCUT2D eigenvalue weighted by Gasteiger charge is 2.21. The number of amides is 1. The number of carbonyl (C=O) groups is 2. The van der Waals surface area contributed by atoms with Crippen molar-refractivity contribution < 1.29 is 14.7 Å². The highest BCUT2D eigenvalue weighted by Crippen LogP contribution is 2.02. The predicted molar refractivity (Wildman–Crippen MR) is 79.6 cm³/mol. The Morgan fingerprint density at radius 2 is 2.25 bits per heavy atom. The average molecular weight is 320 g/mol. The van der Waals surface area contributed by atoms with E-state index in [1.165, 1.54) is 18.0 Å². The number of carboxylic acid groups (broad SMARTS) is 1. The summed E-state index contributed by atoms with van der Waals surface area (Å²) in [6.07, 6.45) is 4.13. The number of nitrogens with zero attached hydrogens (tertiary/aromatic N) is 1. The third-order valence-electron chi connectivity index (χ3n) is 2.28. The monoisotopic (exact) mass is 319 g/mol. The van der Waals surface area contributed by atoms with E-state index in [1.807, 2.05) is 6.26 Å². The number of rotatable bonds is 10. The topological polar surface area (TPSA) is 102 Å². The molecular weight excluding hydrogens is 302 g/mol. The van der Waals surface area contributed by atoms with Crippen LogP contribution in [0.3, 0.4) is 0 Å². The van der Waals surface area contributed by atoms with Crippen molar-refractivity contribution in [3.8, 4) is 6.07 Å². The first-order valence-electron chi connectivity index (χ1n) is 5.99. The summed E-state index contributed by atoms with van der Waals surface area (Å²) >= 11 is 6.98. The van der Waals surface area contributed by atoms with Crippen LogP contribution in [0.25, 0.3) is 0 Å². The Morgan fingerprint density at radius 3 is 2.75 bits per heavy atom. The lowest BCUT2D eigenvalue weighted by Gasteiger charge is -2.13. The maximum atomic E-state index is 11.8. The number of nitrogens with one attached hydrogen (secondary N) is 2. The number of hydrogen-bond donors (Lipinski definition) is 3. The van der Waals surface area contributed by atoms with E-state index in [1.54, 1.807) is 6.07 Å². The number of alkyl halides is 1. The summed E-state index contributed by atoms with van der Waals surface area (Å²) < 4.78 is 0. The van der Waals surface area contributed by atoms with E-state index in [4.69, 9.17) is 22.0 Å². The van der Waals surface area contributed by atoms with E-state index in [-0.39, 0.29) is 5.57 Å². The standard InChI is InChI=1S/C12H18ClN3O3S/c1-20-6-3-10(12(18)19)16-11(17)9(7-14)8-15-5-2-4-13/h8,10,15H,2-6H2,1H3,(H,16,17)(H,18,19)/b9-8-. The first-order chi connectivity index (χ1) is 9.56. The van der Waals surface area contributed by atoms with Gasteiger partial charge in [-0.3, -0.25) is 4.79 Å². The molecule has 0 radical (unpaired) electrons. The lowest BCUT2D eigenvalue weighted by atomic mass is 10.2. The predicted octanol–water partition coefficient (Wildman–Crippen LogP) is 0.935. The van der Waals surface area contributed by atoms with Gasteiger partial charge in [0.05, 0.1) is 0 Å². The lowest BCUT2D eigenvalue weighted by molar-refractivity contribution is -0.141. The minimum atomic E-state index is -1.11. The number of carboxylic acids is 1. The Balaban J connectivity index is 4.51. The van der Waals surface area contributed by atoms with Crippen LogP contribution < -0.4 is 10.6 Å². The summed E-state index contributed by atoms with van der Waals surface area (Å²) in [5.74, 6) is -0.721. The molecule has 0 spiro atoms. The molecule has 0 aromatic rings. The molecule has 1 atom stereocenters. The average Bonchev–Trinajstić information content (AvgIpc) is 2.43. The Hall–Kier alpha value is -1.39. The van der Waals surface area contributed by atoms with E-state index in [2.05, 4.69) is 10.6 Å². The molecule has 1 unspecified atom stereocenters. The third kappa shape index (κ3) is 7.92. The van der Waals surface area contributed by atoms with Gasteiger partial charge in [0.1, 0.15) is 17.7 Å². The van der Waals surface area contributed by atoms with Gasteiger partial charge < -0.3 is 15.7 Å². The largest absolute Gasteiger partial charge is 0.480 e. The van der Waals surface area contributed by atoms with Crippen LogP contribution in [0.2, 0.25) is 0 Å². The van der Waals surface area contributed by atoms with Gasteiger partial charge in [-0.05, 0) is 24.9 Å². The fourth-order valence-electron chi connectivity index (χ4n) is 1.22. The summed E-state index contributed by atoms with van der Waals surface area (Å²) in [7, 11) is 0. The second kappa shape index (κ2) is 11.4. The molecule has 0 saturated heterocycles. The van der Waals surface area contributed by atoms with Gasteiger partial charge in [-0.1, -0.05) is 0 Å². The van der Waals surface area contributed by atoms with Crippen LogP contribution >= 0.6 is 23.4 Å². The fourth-order valence-corrected chi connectivity index (χ4v) is 1.83. The molecule has 0 heterocycles. The SMILES string of the molecule is CSCCC(NC(=O)/C(C#N)=C\NCCCCl)C(=O)O. The van der Waals surface area contributed by atoms with Gasteiger partial charge in [0.2, 0.25) is 0 Å². The molecule has 3 N–H and O–H groups in total. The van der Waals surface area contributed by atoms with E-state index in [9.17, 15) is 9.59 Å². The first-order valence-corrected chi connectivity index (χ1v) is 7.91. The van der Waals surface area contributed by atoms with Gasteiger partial charge in [-0.2, -0.15) is 17.0 Å². The van der Waals surface area contributed by atoms with Gasteiger partial charge in [0.25, 0.3) is 5.91 Å². The minimum Gasteiger partial charge on any atom is -0.480 e. The summed E-state index contributed by atoms with van der Waals surface area (Å²) in [5, 5.41) is 23.0. The smallest absolute Gasteiger partial charge is 0.326 e. The normalized spacial score (nSPS) is 12.3. The Morgan fingerprint density at radius 1 is 1.55 bits per heavy atom. The zero-order valence-corrected chi connectivity index (χ0v) is 12.8. The van der Waals surface area contributed by atoms with Crippen molar-refractivity contribution >= 4 is 35.2 Å². The molecule has 20 heavy (non-hydrogen) atoms. The highest BCUT2D eigenvalue weighted by atomic mass is 35.5. The molecule has 6 nitrogen and oxygen atoms in total. The van der Waals surface area contributed by atoms with Crippen molar-refractivity contribution in [2.45, 2.75) is 18.9 Å². The zero-order valence-electron chi connectivity index (χ0n) is 11.2. The summed E-state index contributed by atoms with van der Waals surface area (Å²) in [6, 6.07) is 0.743. The third-order valence-corrected chi connectivity index (χ3v) is 3.19. The molecule has 0 fully saturated rings. The summed E-state index contributed by atoms with van der Waals surface area (Å²) in [4.78, 5) is 22.8. The Labute approximate surface area is 127 Å². The van der Waals surface area contributed by atoms with Crippen molar-refractivity contribution in [3.63, 3.8) is 0 Å². The molecule has 0 aliphatic carbocycles. The van der Waals surface area contributed by atoms with Crippen LogP contribution in [0, 0.1) is 11.3 Å². The second-order valence-corrected chi connectivity index (χ2v) is 5.18. The fraction of sp³-hybridized carbons (Fsp3) is 0.583. The zero-order chi connectivity index (χ0) is 15.4. The summed E-state index contributed by atoms with van der Waals surface area (Å²) in [5.41, 5.74) is -0.157. The van der Waals surface area contributed by atoms with Crippen molar-refractivity contribution in [2.24, 2.45) is 0 Å². The molecule has 8 heteroatoms. The van der Waals surface area contributed by atoms with E-state index in [0.29, 0.717) is 31.0 Å². The molecule has 1 amide bonds. The lowest BCUT2D eigenvalue weighted by Crippen LogP contribution is -2.41. The molecule has 0 aromatic carbocycles. The van der Waals surface area contributed by atoms with E-state index >= 15 is 0 Å². The number of thioether (sulfide) groups is 1. The van der Waals surface area contributed by atoms with Crippen LogP contribution in [-0.2, 0) is 9.59 Å². The number of carbonyl (C=O) groups excluding carboxylic acids is 1. The molecule has 0 aliphatic heterocycles. The Bertz CT molecular complexity index is 396. The molecule has 0 aromatic heterocycles. The first kappa shape index (κ1) is 18.6. The highest BCUT2D eigenvalue weighted by molar-refractivity contribution is 7.98. The van der Waals surface area contributed by atoms with Gasteiger partial charge in [0.15, 0.2) is 0 Å². The Kier molecular flexibility index (Phi) is 10.6. The quantitative estimate of drug-likeness (QED) is 0.240. The van der Waals surface area contributed by atoms with Gasteiger partial charge >= 0.3 is 5.97 Å². The van der Waals surface area contributed by atoms with E-state index in [0.717, 1.165) is 0 Å². The molecule has 0 aliphatic rings. The molecular formula is C12H18ClN3O3S. The molecule has 112 valence electrons. The van der Waals surface area contributed by atoms with Crippen molar-refractivity contribution in [3.05, 3.63) is 11.8 Å². The number of halogens is 1. The molecule has 0 bridgehead atoms. The van der Waals surface area contributed by atoms with Crippen molar-refractivity contribution in [1.29, 1.82) is 5.26 Å². The van der Waals surface area contributed by atoms with Crippen LogP contribution in [-0.4, -0.2) is 47.5 Å².